The van der Waals surface area contributed by atoms with Gasteiger partial charge in [0.2, 0.25) is 0 Å². The maximum absolute atomic E-state index is 13.6. The number of rotatable bonds is 2. The zero-order chi connectivity index (χ0) is 14.2. The molecular weight excluding hydrogens is 263 g/mol. The lowest BCUT2D eigenvalue weighted by Gasteiger charge is -2.08. The van der Waals surface area contributed by atoms with Crippen LogP contribution in [-0.2, 0) is 4.74 Å². The number of anilines is 1. The van der Waals surface area contributed by atoms with E-state index in [1.807, 2.05) is 0 Å². The van der Waals surface area contributed by atoms with Crippen LogP contribution in [0.3, 0.4) is 0 Å². The van der Waals surface area contributed by atoms with Gasteiger partial charge in [0.05, 0.1) is 7.11 Å². The van der Waals surface area contributed by atoms with Gasteiger partial charge in [-0.3, -0.25) is 4.57 Å². The lowest BCUT2D eigenvalue weighted by atomic mass is 10.2. The molecule has 0 bridgehead atoms. The van der Waals surface area contributed by atoms with Crippen molar-refractivity contribution >= 4 is 11.8 Å². The van der Waals surface area contributed by atoms with E-state index in [4.69, 9.17) is 5.73 Å². The largest absolute Gasteiger partial charge is 0.464 e. The zero-order valence-electron chi connectivity index (χ0n) is 9.65. The van der Waals surface area contributed by atoms with Gasteiger partial charge >= 0.3 is 5.97 Å². The molecule has 0 aliphatic rings. The first-order chi connectivity index (χ1) is 8.95. The Labute approximate surface area is 105 Å². The van der Waals surface area contributed by atoms with Gasteiger partial charge in [0.25, 0.3) is 0 Å². The molecule has 0 radical (unpaired) electrons. The second kappa shape index (κ2) is 4.63. The lowest BCUT2D eigenvalue weighted by Crippen LogP contribution is -2.09. The average molecular weight is 271 g/mol. The summed E-state index contributed by atoms with van der Waals surface area (Å²) in [7, 11) is 1.11. The molecule has 0 unspecified atom stereocenters. The van der Waals surface area contributed by atoms with E-state index in [9.17, 15) is 18.0 Å². The van der Waals surface area contributed by atoms with Crippen LogP contribution in [0.25, 0.3) is 5.69 Å². The van der Waals surface area contributed by atoms with Gasteiger partial charge in [-0.25, -0.2) is 22.9 Å². The predicted octanol–water partition coefficient (Wildman–Crippen LogP) is 1.66. The van der Waals surface area contributed by atoms with E-state index in [2.05, 4.69) is 9.72 Å². The van der Waals surface area contributed by atoms with Gasteiger partial charge < -0.3 is 10.5 Å². The van der Waals surface area contributed by atoms with Crippen LogP contribution in [0, 0.1) is 17.5 Å². The van der Waals surface area contributed by atoms with Crippen LogP contribution in [0.15, 0.2) is 18.5 Å². The summed E-state index contributed by atoms with van der Waals surface area (Å²) in [6, 6.07) is 0.991. The minimum Gasteiger partial charge on any atom is -0.464 e. The van der Waals surface area contributed by atoms with Gasteiger partial charge in [0.1, 0.15) is 23.6 Å². The predicted molar refractivity (Wildman–Crippen MR) is 59.2 cm³/mol. The number of nitrogens with zero attached hydrogens (tertiary/aromatic N) is 2. The van der Waals surface area contributed by atoms with Gasteiger partial charge in [-0.2, -0.15) is 0 Å². The van der Waals surface area contributed by atoms with Crippen molar-refractivity contribution in [1.82, 2.24) is 9.55 Å². The molecule has 0 spiro atoms. The molecule has 0 fully saturated rings. The lowest BCUT2D eigenvalue weighted by molar-refractivity contribution is 0.0596. The molecule has 0 aliphatic carbocycles. The summed E-state index contributed by atoms with van der Waals surface area (Å²) < 4.78 is 45.1. The first kappa shape index (κ1) is 12.9. The van der Waals surface area contributed by atoms with Crippen molar-refractivity contribution in [2.24, 2.45) is 0 Å². The second-order valence-corrected chi connectivity index (χ2v) is 3.56. The summed E-state index contributed by atoms with van der Waals surface area (Å²) in [6.45, 7) is 0. The Balaban J connectivity index is 2.61. The molecular formula is C11H8F3N3O2. The van der Waals surface area contributed by atoms with E-state index in [1.54, 1.807) is 0 Å². The fourth-order valence-corrected chi connectivity index (χ4v) is 1.55. The molecule has 0 saturated heterocycles. The molecule has 2 rings (SSSR count). The van der Waals surface area contributed by atoms with Gasteiger partial charge in [0, 0.05) is 12.1 Å². The number of hydrogen-bond acceptors (Lipinski definition) is 4. The zero-order valence-corrected chi connectivity index (χ0v) is 9.65. The number of carbonyl (C=O) groups is 1. The number of halogens is 3. The molecule has 19 heavy (non-hydrogen) atoms. The van der Waals surface area contributed by atoms with Crippen molar-refractivity contribution in [3.8, 4) is 5.69 Å². The minimum absolute atomic E-state index is 0.286. The van der Waals surface area contributed by atoms with E-state index < -0.39 is 29.1 Å². The van der Waals surface area contributed by atoms with Crippen LogP contribution in [0.2, 0.25) is 0 Å². The smallest absolute Gasteiger partial charge is 0.360 e. The molecule has 2 aromatic rings. The number of imidazole rings is 1. The van der Waals surface area contributed by atoms with Crippen LogP contribution in [-0.4, -0.2) is 22.6 Å². The Morgan fingerprint density at radius 3 is 2.42 bits per heavy atom. The molecule has 5 nitrogen and oxygen atoms in total. The number of aromatic nitrogens is 2. The van der Waals surface area contributed by atoms with Crippen molar-refractivity contribution in [1.29, 1.82) is 0 Å². The van der Waals surface area contributed by atoms with Gasteiger partial charge in [-0.1, -0.05) is 0 Å². The normalized spacial score (nSPS) is 10.5. The van der Waals surface area contributed by atoms with Crippen molar-refractivity contribution in [3.05, 3.63) is 41.6 Å². The highest BCUT2D eigenvalue weighted by molar-refractivity contribution is 5.92. The third kappa shape index (κ3) is 2.12. The van der Waals surface area contributed by atoms with E-state index in [0.29, 0.717) is 12.1 Å². The monoisotopic (exact) mass is 271 g/mol. The Morgan fingerprint density at radius 1 is 1.32 bits per heavy atom. The molecule has 1 aromatic heterocycles. The number of hydrogen-bond donors (Lipinski definition) is 1. The topological polar surface area (TPSA) is 70.1 Å². The fourth-order valence-electron chi connectivity index (χ4n) is 1.55. The molecule has 1 aromatic carbocycles. The number of esters is 1. The van der Waals surface area contributed by atoms with Crippen molar-refractivity contribution < 1.29 is 22.7 Å². The average Bonchev–Trinajstić information content (AvgIpc) is 2.69. The summed E-state index contributed by atoms with van der Waals surface area (Å²) >= 11 is 0. The molecule has 8 heteroatoms. The maximum atomic E-state index is 13.6. The summed E-state index contributed by atoms with van der Waals surface area (Å²) in [5.74, 6) is -4.56. The van der Waals surface area contributed by atoms with Crippen LogP contribution in [0.5, 0.6) is 0 Å². The molecule has 2 N–H and O–H groups in total. The molecule has 0 atom stereocenters. The minimum atomic E-state index is -1.17. The van der Waals surface area contributed by atoms with E-state index >= 15 is 0 Å². The Bertz CT molecular complexity index is 632. The maximum Gasteiger partial charge on any atom is 0.360 e. The van der Waals surface area contributed by atoms with Gasteiger partial charge in [-0.15, -0.1) is 0 Å². The molecule has 0 amide bonds. The number of benzene rings is 1. The van der Waals surface area contributed by atoms with Crippen molar-refractivity contribution in [2.45, 2.75) is 0 Å². The van der Waals surface area contributed by atoms with Crippen LogP contribution in [0.1, 0.15) is 10.5 Å². The van der Waals surface area contributed by atoms with E-state index in [0.717, 1.165) is 18.0 Å². The number of nitrogens with two attached hydrogens (primary N) is 1. The number of methoxy groups -OCH3 is 1. The van der Waals surface area contributed by atoms with Crippen LogP contribution in [0.4, 0.5) is 19.0 Å². The standard InChI is InChI=1S/C11H8F3N3O2/c1-19-11(18)8-10(15)17(4-16-8)9-6(13)2-5(12)3-7(9)14/h2-4H,15H2,1H3. The third-order valence-electron chi connectivity index (χ3n) is 2.41. The Kier molecular flexibility index (Phi) is 3.16. The molecule has 100 valence electrons. The van der Waals surface area contributed by atoms with Gasteiger partial charge in [-0.05, 0) is 0 Å². The first-order valence-corrected chi connectivity index (χ1v) is 5.01. The third-order valence-corrected chi connectivity index (χ3v) is 2.41. The molecule has 1 heterocycles. The van der Waals surface area contributed by atoms with Crippen LogP contribution >= 0.6 is 0 Å². The summed E-state index contributed by atoms with van der Waals surface area (Å²) in [5, 5.41) is 0. The molecule has 0 saturated carbocycles. The van der Waals surface area contributed by atoms with Crippen molar-refractivity contribution in [3.63, 3.8) is 0 Å². The van der Waals surface area contributed by atoms with E-state index in [-0.39, 0.29) is 11.5 Å². The van der Waals surface area contributed by atoms with Crippen LogP contribution < -0.4 is 5.73 Å². The highest BCUT2D eigenvalue weighted by Crippen LogP contribution is 2.23. The summed E-state index contributed by atoms with van der Waals surface area (Å²) in [6.07, 6.45) is 0.945. The first-order valence-electron chi connectivity index (χ1n) is 5.01. The second-order valence-electron chi connectivity index (χ2n) is 3.56. The Hall–Kier alpha value is -2.51. The SMILES string of the molecule is COC(=O)c1ncn(-c2c(F)cc(F)cc2F)c1N. The number of nitrogen functional groups attached to an aromatic ring is 1. The van der Waals surface area contributed by atoms with Gasteiger partial charge in [0.15, 0.2) is 17.3 Å². The van der Waals surface area contributed by atoms with E-state index in [1.165, 1.54) is 0 Å². The Morgan fingerprint density at radius 2 is 1.89 bits per heavy atom. The quantitative estimate of drug-likeness (QED) is 0.843. The number of carbonyl (C=O) groups excluding carboxylic acids is 1. The summed E-state index contributed by atoms with van der Waals surface area (Å²) in [4.78, 5) is 14.9. The highest BCUT2D eigenvalue weighted by atomic mass is 19.1. The summed E-state index contributed by atoms with van der Waals surface area (Å²) in [5.41, 5.74) is 4.65. The molecule has 0 aliphatic heterocycles. The highest BCUT2D eigenvalue weighted by Gasteiger charge is 2.21. The number of ether oxygens (including phenoxy) is 1. The van der Waals surface area contributed by atoms with Crippen molar-refractivity contribution in [2.75, 3.05) is 12.8 Å². The fraction of sp³-hybridized carbons (Fsp3) is 0.0909.